The van der Waals surface area contributed by atoms with E-state index in [1.54, 1.807) is 0 Å². The quantitative estimate of drug-likeness (QED) is 0.0345. The van der Waals surface area contributed by atoms with Crippen LogP contribution in [0.15, 0.2) is 109 Å². The van der Waals surface area contributed by atoms with Crippen LogP contribution in [0.3, 0.4) is 0 Å². The van der Waals surface area contributed by atoms with Crippen LogP contribution in [0.1, 0.15) is 252 Å². The van der Waals surface area contributed by atoms with Gasteiger partial charge in [-0.05, 0) is 96.3 Å². The molecule has 1 atom stereocenters. The molecule has 0 bridgehead atoms. The Morgan fingerprint density at radius 1 is 0.324 bits per heavy atom. The molecular formula is C63H106O5. The molecule has 0 aromatic heterocycles. The smallest absolute Gasteiger partial charge is 0.306 e. The van der Waals surface area contributed by atoms with Gasteiger partial charge >= 0.3 is 11.9 Å². The summed E-state index contributed by atoms with van der Waals surface area (Å²) >= 11 is 0. The second-order valence-corrected chi connectivity index (χ2v) is 18.5. The minimum atomic E-state index is -0.446. The van der Waals surface area contributed by atoms with Gasteiger partial charge in [-0.1, -0.05) is 252 Å². The average Bonchev–Trinajstić information content (AvgIpc) is 3.34. The van der Waals surface area contributed by atoms with Crippen LogP contribution in [-0.2, 0) is 23.8 Å². The number of unbranched alkanes of at least 4 members (excludes halogenated alkanes) is 22. The fraction of sp³-hybridized carbons (Fsp3) is 0.683. The van der Waals surface area contributed by atoms with Gasteiger partial charge in [-0.15, -0.1) is 0 Å². The van der Waals surface area contributed by atoms with E-state index < -0.39 is 6.10 Å². The highest BCUT2D eigenvalue weighted by Gasteiger charge is 2.16. The number of ether oxygens (including phenoxy) is 3. The summed E-state index contributed by atoms with van der Waals surface area (Å²) in [6.45, 7) is 7.49. The molecule has 68 heavy (non-hydrogen) atoms. The van der Waals surface area contributed by atoms with Gasteiger partial charge in [0.25, 0.3) is 0 Å². The predicted octanol–water partition coefficient (Wildman–Crippen LogP) is 19.6. The van der Waals surface area contributed by atoms with Gasteiger partial charge < -0.3 is 14.2 Å². The van der Waals surface area contributed by atoms with Crippen LogP contribution in [0.5, 0.6) is 0 Å². The molecule has 0 aromatic rings. The molecule has 0 aliphatic heterocycles. The van der Waals surface area contributed by atoms with Gasteiger partial charge in [0.1, 0.15) is 19.3 Å². The Labute approximate surface area is 421 Å². The van der Waals surface area contributed by atoms with Crippen molar-refractivity contribution in [2.75, 3.05) is 19.8 Å². The third-order valence-electron chi connectivity index (χ3n) is 11.8. The fourth-order valence-corrected chi connectivity index (χ4v) is 7.58. The van der Waals surface area contributed by atoms with E-state index in [-0.39, 0.29) is 25.2 Å². The third kappa shape index (κ3) is 55.2. The lowest BCUT2D eigenvalue weighted by Crippen LogP contribution is -2.29. The van der Waals surface area contributed by atoms with Gasteiger partial charge in [-0.2, -0.15) is 0 Å². The molecular weight excluding hydrogens is 837 g/mol. The maximum Gasteiger partial charge on any atom is 0.306 e. The number of carbonyl (C=O) groups is 2. The number of allylic oxidation sites excluding steroid dienone is 18. The predicted molar refractivity (Wildman–Crippen MR) is 297 cm³/mol. The maximum absolute atomic E-state index is 12.6. The molecule has 0 rings (SSSR count). The summed E-state index contributed by atoms with van der Waals surface area (Å²) in [6.07, 6.45) is 79.9. The Morgan fingerprint density at radius 2 is 0.632 bits per heavy atom. The maximum atomic E-state index is 12.6. The molecule has 0 N–H and O–H groups in total. The molecule has 388 valence electrons. The zero-order valence-corrected chi connectivity index (χ0v) is 44.6. The van der Waals surface area contributed by atoms with Gasteiger partial charge in [0.15, 0.2) is 0 Å². The van der Waals surface area contributed by atoms with Crippen molar-refractivity contribution < 1.29 is 23.8 Å². The Balaban J connectivity index is 4.43. The summed E-state index contributed by atoms with van der Waals surface area (Å²) in [6, 6.07) is 0. The molecule has 0 amide bonds. The van der Waals surface area contributed by atoms with Gasteiger partial charge in [-0.3, -0.25) is 9.59 Å². The molecule has 0 saturated heterocycles. The molecule has 0 aliphatic carbocycles. The van der Waals surface area contributed by atoms with Crippen LogP contribution < -0.4 is 0 Å². The molecule has 0 fully saturated rings. The summed E-state index contributed by atoms with van der Waals surface area (Å²) < 4.78 is 17.4. The molecule has 0 saturated carbocycles. The van der Waals surface area contributed by atoms with E-state index >= 15 is 0 Å². The largest absolute Gasteiger partial charge is 0.463 e. The summed E-state index contributed by atoms with van der Waals surface area (Å²) in [5.41, 5.74) is 0. The van der Waals surface area contributed by atoms with Crippen molar-refractivity contribution >= 4 is 11.9 Å². The number of hydrogen-bond donors (Lipinski definition) is 0. The van der Waals surface area contributed by atoms with E-state index in [1.807, 2.05) is 6.08 Å². The van der Waals surface area contributed by atoms with E-state index in [4.69, 9.17) is 14.2 Å². The fourth-order valence-electron chi connectivity index (χ4n) is 7.58. The van der Waals surface area contributed by atoms with Crippen molar-refractivity contribution in [3.8, 4) is 0 Å². The standard InChI is InChI=1S/C63H106O5/c1-4-7-10-13-16-19-22-25-28-31-32-34-36-39-42-45-48-51-54-57-63(65)68-60-61(66-58-55-52-49-46-43-40-37-30-27-24-21-18-15-12-9-6-3)59-67-62(64)56-53-50-47-44-41-38-35-33-29-26-23-20-17-14-11-8-5-2/h7,10,16-17,19-20,25-26,28-29,32,34-35,38-39,42,48,51,61H,4-6,8-9,11-15,18,21-24,27,30-31,33,36-37,40-41,43-47,49-50,52-60H2,1-3H3/b10-7-,19-16-,20-17-,28-25-,29-26-,34-32-,38-35-,42-39-,51-48-/t61-/m0/s1. The highest BCUT2D eigenvalue weighted by atomic mass is 16.6. The third-order valence-corrected chi connectivity index (χ3v) is 11.8. The second kappa shape index (κ2) is 57.9. The lowest BCUT2D eigenvalue weighted by atomic mass is 10.0. The van der Waals surface area contributed by atoms with Gasteiger partial charge in [-0.25, -0.2) is 0 Å². The zero-order valence-electron chi connectivity index (χ0n) is 44.6. The Hall–Kier alpha value is -3.44. The van der Waals surface area contributed by atoms with Gasteiger partial charge in [0.2, 0.25) is 0 Å². The van der Waals surface area contributed by atoms with Crippen molar-refractivity contribution in [3.05, 3.63) is 109 Å². The van der Waals surface area contributed by atoms with Crippen LogP contribution >= 0.6 is 0 Å². The number of rotatable bonds is 51. The van der Waals surface area contributed by atoms with Crippen LogP contribution in [-0.4, -0.2) is 37.9 Å². The first-order valence-electron chi connectivity index (χ1n) is 28.4. The van der Waals surface area contributed by atoms with Crippen molar-refractivity contribution in [2.24, 2.45) is 0 Å². The molecule has 0 aliphatic rings. The first-order chi connectivity index (χ1) is 33.6. The van der Waals surface area contributed by atoms with Crippen molar-refractivity contribution in [1.29, 1.82) is 0 Å². The van der Waals surface area contributed by atoms with Gasteiger partial charge in [0, 0.05) is 19.4 Å². The number of esters is 2. The molecule has 0 heterocycles. The second-order valence-electron chi connectivity index (χ2n) is 18.5. The summed E-state index contributed by atoms with van der Waals surface area (Å²) in [5.74, 6) is -0.452. The average molecular weight is 944 g/mol. The van der Waals surface area contributed by atoms with E-state index in [1.165, 1.54) is 116 Å². The van der Waals surface area contributed by atoms with Crippen molar-refractivity contribution in [3.63, 3.8) is 0 Å². The monoisotopic (exact) mass is 943 g/mol. The molecule has 5 heteroatoms. The SMILES string of the molecule is CC/C=C\C/C=C\C/C=C\C/C=C\C/C=C\C/C=C\CCC(=O)OC[C@H](COC(=O)CCCCCC/C=C\C/C=C\C/C=C\CCCCC)OCCCCCCCCCCCCCCCCCC. The lowest BCUT2D eigenvalue weighted by molar-refractivity contribution is -0.155. The van der Waals surface area contributed by atoms with Crippen LogP contribution in [0.4, 0.5) is 0 Å². The Bertz CT molecular complexity index is 1340. The zero-order chi connectivity index (χ0) is 49.2. The van der Waals surface area contributed by atoms with E-state index in [9.17, 15) is 9.59 Å². The van der Waals surface area contributed by atoms with Gasteiger partial charge in [0.05, 0.1) is 0 Å². The highest BCUT2D eigenvalue weighted by Crippen LogP contribution is 2.15. The first kappa shape index (κ1) is 64.6. The molecule has 5 nitrogen and oxygen atoms in total. The molecule has 0 aromatic carbocycles. The number of carbonyl (C=O) groups excluding carboxylic acids is 2. The number of hydrogen-bond acceptors (Lipinski definition) is 5. The minimum absolute atomic E-state index is 0.105. The van der Waals surface area contributed by atoms with E-state index in [0.29, 0.717) is 25.9 Å². The van der Waals surface area contributed by atoms with Crippen molar-refractivity contribution in [2.45, 2.75) is 258 Å². The van der Waals surface area contributed by atoms with Crippen LogP contribution in [0, 0.1) is 0 Å². The molecule has 0 radical (unpaired) electrons. The summed E-state index contributed by atoms with van der Waals surface area (Å²) in [7, 11) is 0. The first-order valence-corrected chi connectivity index (χ1v) is 28.4. The van der Waals surface area contributed by atoms with E-state index in [2.05, 4.69) is 124 Å². The topological polar surface area (TPSA) is 61.8 Å². The minimum Gasteiger partial charge on any atom is -0.463 e. The summed E-state index contributed by atoms with van der Waals surface area (Å²) in [5, 5.41) is 0. The Kier molecular flexibility index (Phi) is 54.9. The highest BCUT2D eigenvalue weighted by molar-refractivity contribution is 5.70. The van der Waals surface area contributed by atoms with Crippen LogP contribution in [0.25, 0.3) is 0 Å². The Morgan fingerprint density at radius 3 is 1.06 bits per heavy atom. The lowest BCUT2D eigenvalue weighted by Gasteiger charge is -2.18. The summed E-state index contributed by atoms with van der Waals surface area (Å²) in [4.78, 5) is 25.3. The normalized spacial score (nSPS) is 13.0. The van der Waals surface area contributed by atoms with E-state index in [0.717, 1.165) is 96.3 Å². The van der Waals surface area contributed by atoms with Crippen LogP contribution in [0.2, 0.25) is 0 Å². The van der Waals surface area contributed by atoms with Crippen molar-refractivity contribution in [1.82, 2.24) is 0 Å². The molecule has 0 unspecified atom stereocenters. The molecule has 0 spiro atoms.